The lowest BCUT2D eigenvalue weighted by molar-refractivity contribution is 0.102. The van der Waals surface area contributed by atoms with Crippen LogP contribution in [-0.2, 0) is 4.74 Å². The summed E-state index contributed by atoms with van der Waals surface area (Å²) in [6.07, 6.45) is 2.72. The van der Waals surface area contributed by atoms with E-state index in [1.165, 1.54) is 5.56 Å². The Balaban J connectivity index is 1.77. The predicted molar refractivity (Wildman–Crippen MR) is 85.2 cm³/mol. The highest BCUT2D eigenvalue weighted by Crippen LogP contribution is 2.26. The molecule has 1 aliphatic heterocycles. The lowest BCUT2D eigenvalue weighted by atomic mass is 9.96. The van der Waals surface area contributed by atoms with Gasteiger partial charge in [-0.25, -0.2) is 4.68 Å². The molecule has 3 rings (SSSR count). The Morgan fingerprint density at radius 3 is 3.00 bits per heavy atom. The van der Waals surface area contributed by atoms with E-state index >= 15 is 0 Å². The van der Waals surface area contributed by atoms with Crippen molar-refractivity contribution in [3.63, 3.8) is 0 Å². The van der Waals surface area contributed by atoms with E-state index < -0.39 is 0 Å². The minimum absolute atomic E-state index is 0.108. The predicted octanol–water partition coefficient (Wildman–Crippen LogP) is 3.22. The van der Waals surface area contributed by atoms with Gasteiger partial charge in [0.15, 0.2) is 0 Å². The van der Waals surface area contributed by atoms with E-state index in [0.717, 1.165) is 25.5 Å². The van der Waals surface area contributed by atoms with E-state index in [1.54, 1.807) is 10.9 Å². The normalized spacial score (nSPS) is 17.9. The molecule has 2 heterocycles. The molecule has 1 atom stereocenters. The molecule has 0 saturated carbocycles. The number of benzene rings is 1. The Labute approximate surface area is 130 Å². The highest BCUT2D eigenvalue weighted by Gasteiger charge is 2.19. The summed E-state index contributed by atoms with van der Waals surface area (Å²) >= 11 is 0. The number of nitrogens with one attached hydrogen (secondary N) is 1. The van der Waals surface area contributed by atoms with Crippen LogP contribution in [0.4, 0.5) is 5.82 Å². The summed E-state index contributed by atoms with van der Waals surface area (Å²) in [5, 5.41) is 7.16. The minimum atomic E-state index is -0.108. The number of amides is 1. The molecule has 1 aliphatic rings. The molecule has 0 bridgehead atoms. The van der Waals surface area contributed by atoms with Gasteiger partial charge in [-0.3, -0.25) is 4.79 Å². The van der Waals surface area contributed by atoms with Crippen molar-refractivity contribution in [3.05, 3.63) is 47.7 Å². The molecule has 5 heteroatoms. The fraction of sp³-hybridized carbons (Fsp3) is 0.412. The molecule has 1 aromatic heterocycles. The lowest BCUT2D eigenvalue weighted by Gasteiger charge is -2.13. The minimum Gasteiger partial charge on any atom is -0.381 e. The summed E-state index contributed by atoms with van der Waals surface area (Å²) in [7, 11) is 0. The molecule has 1 saturated heterocycles. The average Bonchev–Trinajstić information content (AvgIpc) is 3.18. The van der Waals surface area contributed by atoms with Crippen LogP contribution in [-0.4, -0.2) is 28.9 Å². The van der Waals surface area contributed by atoms with E-state index in [1.807, 2.05) is 38.1 Å². The zero-order chi connectivity index (χ0) is 15.5. The van der Waals surface area contributed by atoms with Crippen molar-refractivity contribution in [2.45, 2.75) is 32.2 Å². The van der Waals surface area contributed by atoms with Crippen molar-refractivity contribution in [2.75, 3.05) is 18.5 Å². The van der Waals surface area contributed by atoms with Crippen LogP contribution in [0.3, 0.4) is 0 Å². The number of hydrogen-bond donors (Lipinski definition) is 1. The molecule has 5 nitrogen and oxygen atoms in total. The van der Waals surface area contributed by atoms with Crippen LogP contribution < -0.4 is 5.32 Å². The van der Waals surface area contributed by atoms with Gasteiger partial charge in [0, 0.05) is 30.2 Å². The van der Waals surface area contributed by atoms with Gasteiger partial charge in [-0.2, -0.15) is 5.10 Å². The van der Waals surface area contributed by atoms with Gasteiger partial charge >= 0.3 is 0 Å². The smallest absolute Gasteiger partial charge is 0.256 e. The fourth-order valence-corrected chi connectivity index (χ4v) is 2.74. The topological polar surface area (TPSA) is 56.2 Å². The maximum absolute atomic E-state index is 12.5. The Morgan fingerprint density at radius 2 is 2.27 bits per heavy atom. The molecule has 1 unspecified atom stereocenters. The first-order chi connectivity index (χ1) is 10.6. The van der Waals surface area contributed by atoms with E-state index in [-0.39, 0.29) is 11.9 Å². The lowest BCUT2D eigenvalue weighted by Crippen LogP contribution is -2.17. The Kier molecular flexibility index (Phi) is 4.24. The fourth-order valence-electron chi connectivity index (χ4n) is 2.74. The number of nitrogens with zero attached hydrogens (tertiary/aromatic N) is 2. The number of carbonyl (C=O) groups excluding carboxylic acids is 1. The Hall–Kier alpha value is -2.14. The van der Waals surface area contributed by atoms with E-state index in [2.05, 4.69) is 16.5 Å². The molecule has 2 aromatic rings. The van der Waals surface area contributed by atoms with Crippen LogP contribution in [0.5, 0.6) is 0 Å². The van der Waals surface area contributed by atoms with E-state index in [4.69, 9.17) is 4.74 Å². The zero-order valence-electron chi connectivity index (χ0n) is 13.0. The van der Waals surface area contributed by atoms with E-state index in [9.17, 15) is 4.79 Å². The van der Waals surface area contributed by atoms with Gasteiger partial charge in [0.1, 0.15) is 5.82 Å². The maximum atomic E-state index is 12.5. The van der Waals surface area contributed by atoms with Crippen LogP contribution in [0, 0.1) is 0 Å². The third kappa shape index (κ3) is 3.04. The van der Waals surface area contributed by atoms with Crippen LogP contribution in [0.25, 0.3) is 0 Å². The van der Waals surface area contributed by atoms with Gasteiger partial charge in [-0.05, 0) is 38.0 Å². The molecule has 0 aliphatic carbocycles. The zero-order valence-corrected chi connectivity index (χ0v) is 13.0. The second-order valence-corrected chi connectivity index (χ2v) is 5.89. The van der Waals surface area contributed by atoms with Gasteiger partial charge in [-0.1, -0.05) is 12.1 Å². The van der Waals surface area contributed by atoms with Crippen molar-refractivity contribution < 1.29 is 9.53 Å². The standard InChI is InChI=1S/C17H21N3O2/c1-12(2)20-16(6-8-18-20)19-17(21)14-5-3-4-13(10-14)15-7-9-22-11-15/h3-6,8,10,12,15H,7,9,11H2,1-2H3,(H,19,21). The summed E-state index contributed by atoms with van der Waals surface area (Å²) in [5.74, 6) is 1.01. The number of carbonyl (C=O) groups is 1. The van der Waals surface area contributed by atoms with Crippen molar-refractivity contribution in [1.29, 1.82) is 0 Å². The Bertz CT molecular complexity index is 657. The molecule has 116 valence electrons. The third-order valence-electron chi connectivity index (χ3n) is 3.95. The second kappa shape index (κ2) is 6.32. The number of ether oxygens (including phenoxy) is 1. The number of anilines is 1. The molecule has 0 radical (unpaired) electrons. The molecule has 1 N–H and O–H groups in total. The van der Waals surface area contributed by atoms with Crippen molar-refractivity contribution >= 4 is 11.7 Å². The summed E-state index contributed by atoms with van der Waals surface area (Å²) < 4.78 is 7.23. The van der Waals surface area contributed by atoms with Gasteiger partial charge < -0.3 is 10.1 Å². The second-order valence-electron chi connectivity index (χ2n) is 5.89. The van der Waals surface area contributed by atoms with Crippen molar-refractivity contribution in [2.24, 2.45) is 0 Å². The first-order valence-corrected chi connectivity index (χ1v) is 7.67. The summed E-state index contributed by atoms with van der Waals surface area (Å²) in [6.45, 7) is 5.60. The first kappa shape index (κ1) is 14.8. The average molecular weight is 299 g/mol. The number of rotatable bonds is 4. The Morgan fingerprint density at radius 1 is 1.41 bits per heavy atom. The van der Waals surface area contributed by atoms with Gasteiger partial charge in [0.2, 0.25) is 0 Å². The SMILES string of the molecule is CC(C)n1nccc1NC(=O)c1cccc(C2CCOC2)c1. The number of hydrogen-bond acceptors (Lipinski definition) is 3. The molecule has 1 fully saturated rings. The van der Waals surface area contributed by atoms with Gasteiger partial charge in [0.25, 0.3) is 5.91 Å². The molecule has 1 aromatic carbocycles. The van der Waals surface area contributed by atoms with Crippen LogP contribution in [0.2, 0.25) is 0 Å². The monoisotopic (exact) mass is 299 g/mol. The molecular formula is C17H21N3O2. The summed E-state index contributed by atoms with van der Waals surface area (Å²) in [6, 6.07) is 9.81. The highest BCUT2D eigenvalue weighted by molar-refractivity contribution is 6.03. The maximum Gasteiger partial charge on any atom is 0.256 e. The van der Waals surface area contributed by atoms with Crippen molar-refractivity contribution in [1.82, 2.24) is 9.78 Å². The summed E-state index contributed by atoms with van der Waals surface area (Å²) in [4.78, 5) is 12.5. The van der Waals surface area contributed by atoms with E-state index in [0.29, 0.717) is 11.5 Å². The molecular weight excluding hydrogens is 278 g/mol. The largest absolute Gasteiger partial charge is 0.381 e. The van der Waals surface area contributed by atoms with Gasteiger partial charge in [-0.15, -0.1) is 0 Å². The first-order valence-electron chi connectivity index (χ1n) is 7.67. The molecule has 0 spiro atoms. The highest BCUT2D eigenvalue weighted by atomic mass is 16.5. The summed E-state index contributed by atoms with van der Waals surface area (Å²) in [5.41, 5.74) is 1.84. The van der Waals surface area contributed by atoms with Gasteiger partial charge in [0.05, 0.1) is 12.8 Å². The number of aromatic nitrogens is 2. The van der Waals surface area contributed by atoms with Crippen LogP contribution >= 0.6 is 0 Å². The molecule has 1 amide bonds. The molecule has 22 heavy (non-hydrogen) atoms. The van der Waals surface area contributed by atoms with Crippen molar-refractivity contribution in [3.8, 4) is 0 Å². The quantitative estimate of drug-likeness (QED) is 0.943. The van der Waals surface area contributed by atoms with Crippen LogP contribution in [0.1, 0.15) is 48.1 Å². The third-order valence-corrected chi connectivity index (χ3v) is 3.95. The van der Waals surface area contributed by atoms with Crippen LogP contribution in [0.15, 0.2) is 36.5 Å².